The summed E-state index contributed by atoms with van der Waals surface area (Å²) in [6.45, 7) is 3.31. The van der Waals surface area contributed by atoms with Crippen LogP contribution in [0, 0.1) is 6.92 Å². The van der Waals surface area contributed by atoms with Gasteiger partial charge in [-0.3, -0.25) is 19.7 Å². The summed E-state index contributed by atoms with van der Waals surface area (Å²) in [5.74, 6) is -1.78. The van der Waals surface area contributed by atoms with E-state index in [1.54, 1.807) is 12.1 Å². The minimum atomic E-state index is -5.10. The molecule has 32 heavy (non-hydrogen) atoms. The highest BCUT2D eigenvalue weighted by atomic mass is 32.1. The van der Waals surface area contributed by atoms with Crippen molar-refractivity contribution in [3.8, 4) is 0 Å². The SMILES string of the molecule is CCC1(c2ccc(NC(=O)CC(O)(c3nc(C)cs3)C(F)(F)F)cc2)CCC(=O)NC1=O. The van der Waals surface area contributed by atoms with E-state index in [4.69, 9.17) is 0 Å². The number of nitrogens with zero attached hydrogens (tertiary/aromatic N) is 1. The molecule has 3 N–H and O–H groups in total. The third kappa shape index (κ3) is 4.40. The van der Waals surface area contributed by atoms with Crippen molar-refractivity contribution in [2.75, 3.05) is 5.32 Å². The summed E-state index contributed by atoms with van der Waals surface area (Å²) >= 11 is 0.629. The molecule has 0 radical (unpaired) electrons. The van der Waals surface area contributed by atoms with Gasteiger partial charge in [-0.05, 0) is 37.5 Å². The molecule has 0 saturated carbocycles. The van der Waals surface area contributed by atoms with Crippen molar-refractivity contribution in [1.82, 2.24) is 10.3 Å². The average Bonchev–Trinajstić information content (AvgIpc) is 3.15. The minimum absolute atomic E-state index is 0.199. The molecule has 1 aromatic heterocycles. The molecule has 0 aliphatic carbocycles. The number of hydrogen-bond donors (Lipinski definition) is 3. The second kappa shape index (κ2) is 8.62. The van der Waals surface area contributed by atoms with Gasteiger partial charge < -0.3 is 10.4 Å². The second-order valence-corrected chi connectivity index (χ2v) is 8.63. The molecule has 1 aliphatic heterocycles. The molecule has 3 amide bonds. The number of imide groups is 1. The number of alkyl halides is 3. The van der Waals surface area contributed by atoms with E-state index in [0.29, 0.717) is 35.4 Å². The van der Waals surface area contributed by atoms with Gasteiger partial charge in [0.25, 0.3) is 0 Å². The summed E-state index contributed by atoms with van der Waals surface area (Å²) < 4.78 is 40.7. The van der Waals surface area contributed by atoms with E-state index in [0.717, 1.165) is 0 Å². The maximum Gasteiger partial charge on any atom is 0.424 e. The van der Waals surface area contributed by atoms with Crippen LogP contribution in [0.5, 0.6) is 0 Å². The Bertz CT molecular complexity index is 1040. The molecule has 2 heterocycles. The Balaban J connectivity index is 1.77. The summed E-state index contributed by atoms with van der Waals surface area (Å²) in [5, 5.41) is 15.7. The van der Waals surface area contributed by atoms with E-state index >= 15 is 0 Å². The molecule has 172 valence electrons. The highest BCUT2D eigenvalue weighted by Gasteiger charge is 2.58. The first-order valence-electron chi connectivity index (χ1n) is 9.87. The van der Waals surface area contributed by atoms with Gasteiger partial charge in [-0.2, -0.15) is 13.2 Å². The lowest BCUT2D eigenvalue weighted by Crippen LogP contribution is -2.51. The monoisotopic (exact) mass is 469 g/mol. The van der Waals surface area contributed by atoms with Crippen LogP contribution in [0.3, 0.4) is 0 Å². The highest BCUT2D eigenvalue weighted by molar-refractivity contribution is 7.09. The smallest absolute Gasteiger partial charge is 0.374 e. The number of aliphatic hydroxyl groups is 1. The molecule has 2 atom stereocenters. The number of hydrogen-bond acceptors (Lipinski definition) is 6. The van der Waals surface area contributed by atoms with Crippen LogP contribution in [0.4, 0.5) is 18.9 Å². The summed E-state index contributed by atoms with van der Waals surface area (Å²) in [4.78, 5) is 40.0. The van der Waals surface area contributed by atoms with Crippen LogP contribution in [0.15, 0.2) is 29.6 Å². The first-order chi connectivity index (χ1) is 14.9. The van der Waals surface area contributed by atoms with Crippen molar-refractivity contribution in [2.24, 2.45) is 0 Å². The molecular formula is C21H22F3N3O4S. The zero-order chi connectivity index (χ0) is 23.7. The number of halogens is 3. The molecule has 3 rings (SSSR count). The van der Waals surface area contributed by atoms with Crippen molar-refractivity contribution >= 4 is 34.7 Å². The predicted molar refractivity (Wildman–Crippen MR) is 111 cm³/mol. The molecule has 1 fully saturated rings. The number of benzene rings is 1. The quantitative estimate of drug-likeness (QED) is 0.563. The van der Waals surface area contributed by atoms with Crippen LogP contribution in [-0.4, -0.2) is 34.0 Å². The van der Waals surface area contributed by atoms with Crippen molar-refractivity contribution in [1.29, 1.82) is 0 Å². The van der Waals surface area contributed by atoms with Gasteiger partial charge in [0.1, 0.15) is 5.01 Å². The van der Waals surface area contributed by atoms with E-state index in [1.807, 2.05) is 6.92 Å². The topological polar surface area (TPSA) is 108 Å². The molecule has 11 heteroatoms. The van der Waals surface area contributed by atoms with E-state index in [-0.39, 0.29) is 18.0 Å². The van der Waals surface area contributed by atoms with Crippen molar-refractivity contribution in [2.45, 2.75) is 56.7 Å². The number of nitrogens with one attached hydrogen (secondary N) is 2. The Kier molecular flexibility index (Phi) is 6.43. The fourth-order valence-corrected chi connectivity index (χ4v) is 4.63. The molecule has 2 unspecified atom stereocenters. The Morgan fingerprint density at radius 2 is 1.94 bits per heavy atom. The number of rotatable bonds is 6. The van der Waals surface area contributed by atoms with Gasteiger partial charge in [0.05, 0.1) is 11.8 Å². The first kappa shape index (κ1) is 23.9. The fraction of sp³-hybridized carbons (Fsp3) is 0.429. The van der Waals surface area contributed by atoms with Crippen LogP contribution in [0.25, 0.3) is 0 Å². The van der Waals surface area contributed by atoms with Gasteiger partial charge in [-0.15, -0.1) is 11.3 Å². The van der Waals surface area contributed by atoms with Gasteiger partial charge >= 0.3 is 6.18 Å². The number of aromatic nitrogens is 1. The average molecular weight is 469 g/mol. The summed E-state index contributed by atoms with van der Waals surface area (Å²) in [6, 6.07) is 6.12. The molecule has 0 spiro atoms. The third-order valence-corrected chi connectivity index (χ3v) is 6.76. The van der Waals surface area contributed by atoms with Gasteiger partial charge in [0.2, 0.25) is 23.3 Å². The van der Waals surface area contributed by atoms with Gasteiger partial charge in [-0.25, -0.2) is 4.98 Å². The van der Waals surface area contributed by atoms with Crippen LogP contribution in [-0.2, 0) is 25.4 Å². The summed E-state index contributed by atoms with van der Waals surface area (Å²) in [6.07, 6.45) is -5.37. The van der Waals surface area contributed by atoms with E-state index in [1.165, 1.54) is 24.4 Å². The zero-order valence-corrected chi connectivity index (χ0v) is 18.2. The van der Waals surface area contributed by atoms with Crippen molar-refractivity contribution in [3.05, 3.63) is 45.9 Å². The maximum atomic E-state index is 13.6. The summed E-state index contributed by atoms with van der Waals surface area (Å²) in [7, 11) is 0. The number of amides is 3. The number of carbonyl (C=O) groups excluding carboxylic acids is 3. The maximum absolute atomic E-state index is 13.6. The lowest BCUT2D eigenvalue weighted by molar-refractivity contribution is -0.266. The number of piperidine rings is 1. The number of anilines is 1. The van der Waals surface area contributed by atoms with E-state index < -0.39 is 40.4 Å². The fourth-order valence-electron chi connectivity index (χ4n) is 3.72. The molecule has 0 bridgehead atoms. The van der Waals surface area contributed by atoms with E-state index in [9.17, 15) is 32.7 Å². The second-order valence-electron chi connectivity index (χ2n) is 7.77. The molecule has 1 saturated heterocycles. The summed E-state index contributed by atoms with van der Waals surface area (Å²) in [5.41, 5.74) is -3.16. The zero-order valence-electron chi connectivity index (χ0n) is 17.4. The third-order valence-electron chi connectivity index (χ3n) is 5.65. The largest absolute Gasteiger partial charge is 0.424 e. The Labute approximate surface area is 186 Å². The molecule has 7 nitrogen and oxygen atoms in total. The number of aryl methyl sites for hydroxylation is 1. The van der Waals surface area contributed by atoms with Crippen molar-refractivity contribution < 1.29 is 32.7 Å². The first-order valence-corrected chi connectivity index (χ1v) is 10.8. The molecule has 2 aromatic rings. The lowest BCUT2D eigenvalue weighted by atomic mass is 9.72. The molecule has 1 aromatic carbocycles. The predicted octanol–water partition coefficient (Wildman–Crippen LogP) is 3.31. The van der Waals surface area contributed by atoms with Gasteiger partial charge in [0, 0.05) is 23.2 Å². The van der Waals surface area contributed by atoms with Gasteiger partial charge in [-0.1, -0.05) is 19.1 Å². The standard InChI is InChI=1S/C21H22F3N3O4S/c1-3-19(9-8-15(28)27-17(19)30)13-4-6-14(7-5-13)26-16(29)10-20(31,21(22,23)24)18-25-12(2)11-32-18/h4-7,11,31H,3,8-10H2,1-2H3,(H,26,29)(H,27,28,30). The minimum Gasteiger partial charge on any atom is -0.374 e. The van der Waals surface area contributed by atoms with Crippen LogP contribution in [0.1, 0.15) is 48.9 Å². The Hall–Kier alpha value is -2.79. The van der Waals surface area contributed by atoms with Crippen molar-refractivity contribution in [3.63, 3.8) is 0 Å². The van der Waals surface area contributed by atoms with Gasteiger partial charge in [0.15, 0.2) is 0 Å². The lowest BCUT2D eigenvalue weighted by Gasteiger charge is -2.35. The number of thiazole rings is 1. The molecular weight excluding hydrogens is 447 g/mol. The molecule has 1 aliphatic rings. The number of carbonyl (C=O) groups is 3. The van der Waals surface area contributed by atoms with Crippen LogP contribution >= 0.6 is 11.3 Å². The Morgan fingerprint density at radius 3 is 2.44 bits per heavy atom. The highest BCUT2D eigenvalue weighted by Crippen LogP contribution is 2.43. The van der Waals surface area contributed by atoms with Crippen LogP contribution in [0.2, 0.25) is 0 Å². The Morgan fingerprint density at radius 1 is 1.28 bits per heavy atom. The van der Waals surface area contributed by atoms with E-state index in [2.05, 4.69) is 15.6 Å². The van der Waals surface area contributed by atoms with Crippen LogP contribution < -0.4 is 10.6 Å². The normalized spacial score (nSPS) is 21.1.